The summed E-state index contributed by atoms with van der Waals surface area (Å²) in [5.74, 6) is 1.21. The molecule has 1 aromatic rings. The topological polar surface area (TPSA) is 50.4 Å². The molecule has 3 atom stereocenters. The van der Waals surface area contributed by atoms with Crippen LogP contribution in [0.4, 0.5) is 0 Å². The summed E-state index contributed by atoms with van der Waals surface area (Å²) < 4.78 is 5.85. The first-order valence-electron chi connectivity index (χ1n) is 8.84. The van der Waals surface area contributed by atoms with E-state index in [4.69, 9.17) is 4.74 Å². The van der Waals surface area contributed by atoms with Crippen molar-refractivity contribution >= 4 is 18.3 Å². The molecule has 1 amide bonds. The zero-order chi connectivity index (χ0) is 16.4. The average Bonchev–Trinajstić information content (AvgIpc) is 2.86. The molecule has 0 radical (unpaired) electrons. The monoisotopic (exact) mass is 352 g/mol. The third-order valence-corrected chi connectivity index (χ3v) is 5.03. The number of carbonyl (C=O) groups is 1. The predicted octanol–water partition coefficient (Wildman–Crippen LogP) is 3.40. The summed E-state index contributed by atoms with van der Waals surface area (Å²) in [6.45, 7) is 6.13. The minimum atomic E-state index is -0.468. The van der Waals surface area contributed by atoms with E-state index in [9.17, 15) is 4.79 Å². The van der Waals surface area contributed by atoms with Crippen LogP contribution in [0, 0.1) is 0 Å². The summed E-state index contributed by atoms with van der Waals surface area (Å²) in [4.78, 5) is 12.4. The van der Waals surface area contributed by atoms with Crippen molar-refractivity contribution in [2.75, 3.05) is 0 Å². The molecule has 3 unspecified atom stereocenters. The average molecular weight is 353 g/mol. The van der Waals surface area contributed by atoms with Gasteiger partial charge in [-0.2, -0.15) is 0 Å². The number of amides is 1. The number of hydrogen-bond acceptors (Lipinski definition) is 3. The number of fused-ring (bicyclic) bond motifs is 2. The first-order chi connectivity index (χ1) is 11.0. The normalized spacial score (nSPS) is 26.6. The number of carbonyl (C=O) groups excluding carboxylic acids is 1. The van der Waals surface area contributed by atoms with Gasteiger partial charge in [0.2, 0.25) is 0 Å². The Morgan fingerprint density at radius 2 is 1.88 bits per heavy atom. The van der Waals surface area contributed by atoms with Gasteiger partial charge >= 0.3 is 0 Å². The maximum atomic E-state index is 12.4. The lowest BCUT2D eigenvalue weighted by Gasteiger charge is -2.30. The van der Waals surface area contributed by atoms with E-state index >= 15 is 0 Å². The zero-order valence-corrected chi connectivity index (χ0v) is 15.6. The Balaban J connectivity index is 0.00000208. The standard InChI is InChI=1S/C19H28N2O2.ClH/c1-12(2)14-5-4-6-18(9-14)23-13(3)19(22)21-17-10-15-7-8-16(11-17)20-15;/h4-6,9,12-13,15-17,20H,7-8,10-11H2,1-3H3,(H,21,22);1H. The predicted molar refractivity (Wildman–Crippen MR) is 99.0 cm³/mol. The van der Waals surface area contributed by atoms with Crippen molar-refractivity contribution in [2.24, 2.45) is 0 Å². The van der Waals surface area contributed by atoms with Crippen LogP contribution in [0.3, 0.4) is 0 Å². The molecule has 2 aliphatic rings. The lowest BCUT2D eigenvalue weighted by molar-refractivity contribution is -0.128. The zero-order valence-electron chi connectivity index (χ0n) is 14.7. The second kappa shape index (κ2) is 8.21. The third kappa shape index (κ3) is 4.64. The van der Waals surface area contributed by atoms with Crippen molar-refractivity contribution in [1.29, 1.82) is 0 Å². The second-order valence-electron chi connectivity index (χ2n) is 7.30. The molecule has 2 bridgehead atoms. The van der Waals surface area contributed by atoms with E-state index in [0.29, 0.717) is 18.0 Å². The van der Waals surface area contributed by atoms with Gasteiger partial charge in [-0.05, 0) is 56.2 Å². The Kier molecular flexibility index (Phi) is 6.53. The number of benzene rings is 1. The minimum Gasteiger partial charge on any atom is -0.481 e. The van der Waals surface area contributed by atoms with Gasteiger partial charge in [0.1, 0.15) is 5.75 Å². The van der Waals surface area contributed by atoms with E-state index in [0.717, 1.165) is 18.6 Å². The summed E-state index contributed by atoms with van der Waals surface area (Å²) >= 11 is 0. The van der Waals surface area contributed by atoms with Crippen molar-refractivity contribution in [2.45, 2.75) is 76.6 Å². The van der Waals surface area contributed by atoms with Crippen LogP contribution in [0.25, 0.3) is 0 Å². The van der Waals surface area contributed by atoms with Crippen molar-refractivity contribution in [3.63, 3.8) is 0 Å². The van der Waals surface area contributed by atoms with E-state index < -0.39 is 6.10 Å². The molecule has 4 nitrogen and oxygen atoms in total. The molecule has 0 aromatic heterocycles. The number of halogens is 1. The molecule has 2 fully saturated rings. The molecule has 0 aliphatic carbocycles. The Bertz CT molecular complexity index is 552. The molecule has 2 aliphatic heterocycles. The highest BCUT2D eigenvalue weighted by Gasteiger charge is 2.34. The second-order valence-corrected chi connectivity index (χ2v) is 7.30. The van der Waals surface area contributed by atoms with Crippen molar-refractivity contribution in [3.8, 4) is 5.75 Å². The van der Waals surface area contributed by atoms with E-state index in [1.54, 1.807) is 0 Å². The summed E-state index contributed by atoms with van der Waals surface area (Å²) in [6, 6.07) is 9.47. The van der Waals surface area contributed by atoms with Crippen LogP contribution in [0.2, 0.25) is 0 Å². The first-order valence-corrected chi connectivity index (χ1v) is 8.84. The molecular formula is C19H29ClN2O2. The van der Waals surface area contributed by atoms with Crippen LogP contribution >= 0.6 is 12.4 Å². The Morgan fingerprint density at radius 1 is 1.21 bits per heavy atom. The smallest absolute Gasteiger partial charge is 0.260 e. The molecular weight excluding hydrogens is 324 g/mol. The van der Waals surface area contributed by atoms with Crippen LogP contribution in [0.5, 0.6) is 5.75 Å². The Labute approximate surface area is 151 Å². The van der Waals surface area contributed by atoms with E-state index in [2.05, 4.69) is 30.5 Å². The van der Waals surface area contributed by atoms with Gasteiger partial charge < -0.3 is 15.4 Å². The van der Waals surface area contributed by atoms with Crippen LogP contribution in [0.1, 0.15) is 57.9 Å². The van der Waals surface area contributed by atoms with Crippen LogP contribution in [-0.2, 0) is 4.79 Å². The lowest BCUT2D eigenvalue weighted by atomic mass is 9.99. The lowest BCUT2D eigenvalue weighted by Crippen LogP contribution is -2.50. The highest BCUT2D eigenvalue weighted by atomic mass is 35.5. The highest BCUT2D eigenvalue weighted by molar-refractivity contribution is 5.85. The molecule has 5 heteroatoms. The molecule has 0 spiro atoms. The number of ether oxygens (including phenoxy) is 1. The number of piperidine rings is 1. The minimum absolute atomic E-state index is 0. The highest BCUT2D eigenvalue weighted by Crippen LogP contribution is 2.27. The Morgan fingerprint density at radius 3 is 2.50 bits per heavy atom. The quantitative estimate of drug-likeness (QED) is 0.853. The largest absolute Gasteiger partial charge is 0.481 e. The van der Waals surface area contributed by atoms with Crippen molar-refractivity contribution in [3.05, 3.63) is 29.8 Å². The molecule has 3 rings (SSSR count). The van der Waals surface area contributed by atoms with Crippen molar-refractivity contribution < 1.29 is 9.53 Å². The first kappa shape index (κ1) is 19.1. The van der Waals surface area contributed by atoms with Gasteiger partial charge in [-0.25, -0.2) is 0 Å². The molecule has 0 saturated carbocycles. The molecule has 24 heavy (non-hydrogen) atoms. The SMILES string of the molecule is CC(Oc1cccc(C(C)C)c1)C(=O)NC1CC2CCC(C1)N2.Cl. The van der Waals surface area contributed by atoms with Gasteiger partial charge in [-0.3, -0.25) is 4.79 Å². The molecule has 2 N–H and O–H groups in total. The van der Waals surface area contributed by atoms with Gasteiger partial charge in [-0.15, -0.1) is 12.4 Å². The summed E-state index contributed by atoms with van der Waals surface area (Å²) in [5.41, 5.74) is 1.23. The van der Waals surface area contributed by atoms with E-state index in [1.807, 2.05) is 25.1 Å². The van der Waals surface area contributed by atoms with E-state index in [1.165, 1.54) is 18.4 Å². The van der Waals surface area contributed by atoms with Crippen LogP contribution in [0.15, 0.2) is 24.3 Å². The molecule has 134 valence electrons. The van der Waals surface area contributed by atoms with Crippen LogP contribution < -0.4 is 15.4 Å². The number of hydrogen-bond donors (Lipinski definition) is 2. The fourth-order valence-electron chi connectivity index (χ4n) is 3.70. The summed E-state index contributed by atoms with van der Waals surface area (Å²) in [7, 11) is 0. The maximum absolute atomic E-state index is 12.4. The fourth-order valence-corrected chi connectivity index (χ4v) is 3.70. The number of rotatable bonds is 5. The van der Waals surface area contributed by atoms with Gasteiger partial charge in [0.15, 0.2) is 6.10 Å². The van der Waals surface area contributed by atoms with Gasteiger partial charge in [0.25, 0.3) is 5.91 Å². The fraction of sp³-hybridized carbons (Fsp3) is 0.632. The maximum Gasteiger partial charge on any atom is 0.260 e. The van der Waals surface area contributed by atoms with Gasteiger partial charge in [-0.1, -0.05) is 26.0 Å². The third-order valence-electron chi connectivity index (χ3n) is 5.03. The summed E-state index contributed by atoms with van der Waals surface area (Å²) in [6.07, 6.45) is 4.09. The van der Waals surface area contributed by atoms with Crippen LogP contribution in [-0.4, -0.2) is 30.1 Å². The molecule has 1 aromatic carbocycles. The Hall–Kier alpha value is -1.26. The summed E-state index contributed by atoms with van der Waals surface area (Å²) in [5, 5.41) is 6.77. The van der Waals surface area contributed by atoms with Gasteiger partial charge in [0.05, 0.1) is 0 Å². The van der Waals surface area contributed by atoms with E-state index in [-0.39, 0.29) is 24.4 Å². The molecule has 2 heterocycles. The van der Waals surface area contributed by atoms with Gasteiger partial charge in [0, 0.05) is 18.1 Å². The number of nitrogens with one attached hydrogen (secondary N) is 2. The van der Waals surface area contributed by atoms with Crippen molar-refractivity contribution in [1.82, 2.24) is 10.6 Å². The molecule has 2 saturated heterocycles.